The summed E-state index contributed by atoms with van der Waals surface area (Å²) in [5.41, 5.74) is 5.88. The topological polar surface area (TPSA) is 58.4 Å². The number of amides is 1. The van der Waals surface area contributed by atoms with E-state index in [4.69, 9.17) is 5.73 Å². The van der Waals surface area contributed by atoms with E-state index in [1.54, 1.807) is 0 Å². The van der Waals surface area contributed by atoms with Crippen LogP contribution < -0.4 is 11.1 Å². The quantitative estimate of drug-likeness (QED) is 0.835. The number of hydrogen-bond acceptors (Lipinski definition) is 3. The zero-order chi connectivity index (χ0) is 15.4. The molecule has 2 aliphatic rings. The molecule has 0 aromatic rings. The second kappa shape index (κ2) is 7.59. The molecule has 3 N–H and O–H groups in total. The number of nitrogens with zero attached hydrogens (tertiary/aromatic N) is 1. The summed E-state index contributed by atoms with van der Waals surface area (Å²) in [4.78, 5) is 14.8. The van der Waals surface area contributed by atoms with Crippen molar-refractivity contribution in [3.8, 4) is 0 Å². The van der Waals surface area contributed by atoms with Crippen molar-refractivity contribution in [1.29, 1.82) is 0 Å². The largest absolute Gasteiger partial charge is 0.352 e. The normalized spacial score (nSPS) is 38.2. The molecular weight excluding hydrogens is 262 g/mol. The third-order valence-electron chi connectivity index (χ3n) is 5.85. The molecule has 1 saturated heterocycles. The lowest BCUT2D eigenvalue weighted by molar-refractivity contribution is -0.125. The summed E-state index contributed by atoms with van der Waals surface area (Å²) < 4.78 is 0. The van der Waals surface area contributed by atoms with Gasteiger partial charge in [-0.1, -0.05) is 33.1 Å². The van der Waals surface area contributed by atoms with Crippen molar-refractivity contribution in [2.24, 2.45) is 17.6 Å². The van der Waals surface area contributed by atoms with Crippen molar-refractivity contribution in [2.75, 3.05) is 13.1 Å². The molecule has 0 spiro atoms. The highest BCUT2D eigenvalue weighted by Gasteiger charge is 2.31. The maximum Gasteiger partial charge on any atom is 0.234 e. The maximum atomic E-state index is 12.4. The van der Waals surface area contributed by atoms with E-state index in [0.717, 1.165) is 18.8 Å². The Balaban J connectivity index is 1.88. The van der Waals surface area contributed by atoms with Gasteiger partial charge in [0.15, 0.2) is 0 Å². The molecule has 2 rings (SSSR count). The van der Waals surface area contributed by atoms with Crippen LogP contribution in [-0.4, -0.2) is 42.0 Å². The molecule has 1 aliphatic carbocycles. The number of piperidine rings is 1. The molecule has 1 aliphatic heterocycles. The number of rotatable bonds is 4. The summed E-state index contributed by atoms with van der Waals surface area (Å²) in [6.07, 6.45) is 7.21. The summed E-state index contributed by atoms with van der Waals surface area (Å²) in [5.74, 6) is 1.50. The van der Waals surface area contributed by atoms with Crippen LogP contribution in [0.4, 0.5) is 0 Å². The molecule has 5 unspecified atom stereocenters. The molecule has 1 saturated carbocycles. The Morgan fingerprint density at radius 1 is 1.14 bits per heavy atom. The fraction of sp³-hybridized carbons (Fsp3) is 0.941. The fourth-order valence-corrected chi connectivity index (χ4v) is 4.08. The lowest BCUT2D eigenvalue weighted by atomic mass is 9.78. The van der Waals surface area contributed by atoms with E-state index < -0.39 is 0 Å². The van der Waals surface area contributed by atoms with E-state index >= 15 is 0 Å². The Labute approximate surface area is 129 Å². The monoisotopic (exact) mass is 295 g/mol. The molecule has 5 atom stereocenters. The SMILES string of the molecule is CC1CCCC(NC(=O)CN2C(C)CCCC2CN)C1C. The summed E-state index contributed by atoms with van der Waals surface area (Å²) in [7, 11) is 0. The van der Waals surface area contributed by atoms with Crippen LogP contribution in [0.15, 0.2) is 0 Å². The standard InChI is InChI=1S/C17H33N3O/c1-12-6-4-9-16(14(12)3)19-17(21)11-20-13(2)7-5-8-15(20)10-18/h12-16H,4-11,18H2,1-3H3,(H,19,21). The number of carbonyl (C=O) groups excluding carboxylic acids is 1. The average molecular weight is 295 g/mol. The molecule has 4 nitrogen and oxygen atoms in total. The predicted molar refractivity (Wildman–Crippen MR) is 87.0 cm³/mol. The number of carbonyl (C=O) groups is 1. The zero-order valence-corrected chi connectivity index (χ0v) is 14.0. The molecule has 0 aromatic carbocycles. The van der Waals surface area contributed by atoms with Crippen LogP contribution >= 0.6 is 0 Å². The minimum atomic E-state index is 0.188. The first-order valence-electron chi connectivity index (χ1n) is 8.78. The lowest BCUT2D eigenvalue weighted by Gasteiger charge is -2.40. The van der Waals surface area contributed by atoms with Crippen LogP contribution in [0.3, 0.4) is 0 Å². The van der Waals surface area contributed by atoms with Gasteiger partial charge in [0, 0.05) is 24.7 Å². The highest BCUT2D eigenvalue weighted by atomic mass is 16.2. The first-order chi connectivity index (χ1) is 10.0. The summed E-state index contributed by atoms with van der Waals surface area (Å²) >= 11 is 0. The van der Waals surface area contributed by atoms with Gasteiger partial charge in [-0.3, -0.25) is 9.69 Å². The smallest absolute Gasteiger partial charge is 0.234 e. The highest BCUT2D eigenvalue weighted by Crippen LogP contribution is 2.29. The number of hydrogen-bond donors (Lipinski definition) is 2. The first kappa shape index (κ1) is 16.8. The van der Waals surface area contributed by atoms with Gasteiger partial charge in [0.2, 0.25) is 5.91 Å². The summed E-state index contributed by atoms with van der Waals surface area (Å²) in [6, 6.07) is 1.21. The van der Waals surface area contributed by atoms with Crippen molar-refractivity contribution >= 4 is 5.91 Å². The molecule has 4 heteroatoms. The van der Waals surface area contributed by atoms with Gasteiger partial charge in [-0.15, -0.1) is 0 Å². The Morgan fingerprint density at radius 3 is 2.57 bits per heavy atom. The second-order valence-electron chi connectivity index (χ2n) is 7.28. The van der Waals surface area contributed by atoms with E-state index in [2.05, 4.69) is 31.0 Å². The number of likely N-dealkylation sites (tertiary alicyclic amines) is 1. The van der Waals surface area contributed by atoms with E-state index in [9.17, 15) is 4.79 Å². The van der Waals surface area contributed by atoms with Gasteiger partial charge in [0.25, 0.3) is 0 Å². The molecule has 1 heterocycles. The molecule has 21 heavy (non-hydrogen) atoms. The molecule has 0 aromatic heterocycles. The van der Waals surface area contributed by atoms with Crippen molar-refractivity contribution in [2.45, 2.75) is 77.4 Å². The molecular formula is C17H33N3O. The Bertz CT molecular complexity index is 347. The van der Waals surface area contributed by atoms with Gasteiger partial charge in [0.1, 0.15) is 0 Å². The molecule has 2 fully saturated rings. The number of nitrogens with two attached hydrogens (primary N) is 1. The molecule has 1 amide bonds. The minimum absolute atomic E-state index is 0.188. The molecule has 122 valence electrons. The highest BCUT2D eigenvalue weighted by molar-refractivity contribution is 5.78. The third kappa shape index (κ3) is 4.19. The van der Waals surface area contributed by atoms with Gasteiger partial charge in [-0.25, -0.2) is 0 Å². The summed E-state index contributed by atoms with van der Waals surface area (Å²) in [6.45, 7) is 7.98. The average Bonchev–Trinajstić information content (AvgIpc) is 2.46. The van der Waals surface area contributed by atoms with Gasteiger partial charge in [-0.2, -0.15) is 0 Å². The minimum Gasteiger partial charge on any atom is -0.352 e. The lowest BCUT2D eigenvalue weighted by Crippen LogP contribution is -2.54. The fourth-order valence-electron chi connectivity index (χ4n) is 4.08. The van der Waals surface area contributed by atoms with Crippen LogP contribution in [0.2, 0.25) is 0 Å². The van der Waals surface area contributed by atoms with Crippen molar-refractivity contribution < 1.29 is 4.79 Å². The van der Waals surface area contributed by atoms with E-state index in [-0.39, 0.29) is 5.91 Å². The van der Waals surface area contributed by atoms with Crippen LogP contribution in [0.1, 0.15) is 59.3 Å². The number of nitrogens with one attached hydrogen (secondary N) is 1. The molecule has 0 bridgehead atoms. The third-order valence-corrected chi connectivity index (χ3v) is 5.85. The van der Waals surface area contributed by atoms with Crippen LogP contribution in [0, 0.1) is 11.8 Å². The maximum absolute atomic E-state index is 12.4. The van der Waals surface area contributed by atoms with Gasteiger partial charge < -0.3 is 11.1 Å². The van der Waals surface area contributed by atoms with Crippen molar-refractivity contribution in [1.82, 2.24) is 10.2 Å². The molecule has 0 radical (unpaired) electrons. The van der Waals surface area contributed by atoms with Crippen LogP contribution in [0.5, 0.6) is 0 Å². The van der Waals surface area contributed by atoms with E-state index in [1.807, 2.05) is 0 Å². The predicted octanol–water partition coefficient (Wildman–Crippen LogP) is 2.13. The Kier molecular flexibility index (Phi) is 6.06. The Hall–Kier alpha value is -0.610. The van der Waals surface area contributed by atoms with E-state index in [1.165, 1.54) is 25.7 Å². The van der Waals surface area contributed by atoms with Crippen LogP contribution in [0.25, 0.3) is 0 Å². The van der Waals surface area contributed by atoms with Crippen molar-refractivity contribution in [3.63, 3.8) is 0 Å². The first-order valence-corrected chi connectivity index (χ1v) is 8.78. The van der Waals surface area contributed by atoms with Gasteiger partial charge in [0.05, 0.1) is 6.54 Å². The van der Waals surface area contributed by atoms with Gasteiger partial charge >= 0.3 is 0 Å². The van der Waals surface area contributed by atoms with Crippen LogP contribution in [-0.2, 0) is 4.79 Å². The zero-order valence-electron chi connectivity index (χ0n) is 14.0. The van der Waals surface area contributed by atoms with Crippen molar-refractivity contribution in [3.05, 3.63) is 0 Å². The van der Waals surface area contributed by atoms with E-state index in [0.29, 0.717) is 37.1 Å². The summed E-state index contributed by atoms with van der Waals surface area (Å²) in [5, 5.41) is 3.29. The van der Waals surface area contributed by atoms with Gasteiger partial charge in [-0.05, 0) is 38.0 Å². The Morgan fingerprint density at radius 2 is 1.86 bits per heavy atom. The second-order valence-corrected chi connectivity index (χ2v) is 7.28.